The van der Waals surface area contributed by atoms with Crippen LogP contribution in [0.4, 0.5) is 0 Å². The van der Waals surface area contributed by atoms with E-state index in [1.807, 2.05) is 29.7 Å². The lowest BCUT2D eigenvalue weighted by molar-refractivity contribution is 0.584. The van der Waals surface area contributed by atoms with Crippen LogP contribution in [0.1, 0.15) is 30.5 Å². The van der Waals surface area contributed by atoms with Crippen molar-refractivity contribution in [1.82, 2.24) is 9.55 Å². The van der Waals surface area contributed by atoms with Gasteiger partial charge in [0, 0.05) is 19.3 Å². The molecule has 1 atom stereocenters. The maximum absolute atomic E-state index is 11.7. The van der Waals surface area contributed by atoms with E-state index in [1.54, 1.807) is 6.92 Å². The Morgan fingerprint density at radius 3 is 2.63 bits per heavy atom. The zero-order valence-corrected chi connectivity index (χ0v) is 12.2. The first-order valence-electron chi connectivity index (χ1n) is 6.26. The summed E-state index contributed by atoms with van der Waals surface area (Å²) in [4.78, 5) is 4.49. The number of hydrogen-bond acceptors (Lipinski definition) is 4. The number of rotatable bonds is 4. The Morgan fingerprint density at radius 2 is 2.11 bits per heavy atom. The summed E-state index contributed by atoms with van der Waals surface area (Å²) in [5, 5.41) is -0.610. The van der Waals surface area contributed by atoms with Crippen molar-refractivity contribution in [3.63, 3.8) is 0 Å². The Kier molecular flexibility index (Phi) is 3.64. The summed E-state index contributed by atoms with van der Waals surface area (Å²) in [5.74, 6) is 0.592. The second-order valence-corrected chi connectivity index (χ2v) is 7.08. The van der Waals surface area contributed by atoms with E-state index in [0.717, 1.165) is 16.6 Å². The fraction of sp³-hybridized carbons (Fsp3) is 0.462. The molecular formula is C13H19N3O2S. The van der Waals surface area contributed by atoms with E-state index in [0.29, 0.717) is 18.9 Å². The Balaban J connectivity index is 2.68. The molecule has 1 heterocycles. The van der Waals surface area contributed by atoms with Gasteiger partial charge in [-0.25, -0.2) is 13.4 Å². The normalized spacial score (nSPS) is 13.9. The smallest absolute Gasteiger partial charge is 0.157 e. The number of benzene rings is 1. The number of hydrogen-bond donors (Lipinski definition) is 1. The molecule has 1 aromatic carbocycles. The molecule has 0 radical (unpaired) electrons. The maximum Gasteiger partial charge on any atom is 0.157 e. The molecule has 1 unspecified atom stereocenters. The molecular weight excluding hydrogens is 262 g/mol. The molecule has 104 valence electrons. The van der Waals surface area contributed by atoms with E-state index in [9.17, 15) is 8.42 Å². The van der Waals surface area contributed by atoms with Crippen LogP contribution in [0.15, 0.2) is 18.2 Å². The van der Waals surface area contributed by atoms with Crippen LogP contribution in [0, 0.1) is 0 Å². The summed E-state index contributed by atoms with van der Waals surface area (Å²) in [6.07, 6.45) is 1.24. The Hall–Kier alpha value is -1.40. The van der Waals surface area contributed by atoms with Crippen LogP contribution >= 0.6 is 0 Å². The first kappa shape index (κ1) is 14.0. The molecule has 0 aliphatic carbocycles. The van der Waals surface area contributed by atoms with E-state index in [4.69, 9.17) is 5.73 Å². The highest BCUT2D eigenvalue weighted by molar-refractivity contribution is 7.90. The largest absolute Gasteiger partial charge is 0.327 e. The van der Waals surface area contributed by atoms with Crippen LogP contribution in [0.2, 0.25) is 0 Å². The van der Waals surface area contributed by atoms with E-state index in [1.165, 1.54) is 6.26 Å². The van der Waals surface area contributed by atoms with Gasteiger partial charge in [-0.2, -0.15) is 0 Å². The number of imidazole rings is 1. The highest BCUT2D eigenvalue weighted by Crippen LogP contribution is 2.26. The molecule has 0 bridgehead atoms. The summed E-state index contributed by atoms with van der Waals surface area (Å²) >= 11 is 0. The van der Waals surface area contributed by atoms with Crippen LogP contribution in [-0.4, -0.2) is 24.2 Å². The van der Waals surface area contributed by atoms with Gasteiger partial charge in [0.05, 0.1) is 11.0 Å². The van der Waals surface area contributed by atoms with Crippen molar-refractivity contribution in [2.45, 2.75) is 32.2 Å². The molecule has 0 aliphatic rings. The molecule has 0 amide bonds. The van der Waals surface area contributed by atoms with Crippen molar-refractivity contribution in [2.24, 2.45) is 5.73 Å². The lowest BCUT2D eigenvalue weighted by Crippen LogP contribution is -2.13. The minimum Gasteiger partial charge on any atom is -0.327 e. The fourth-order valence-electron chi connectivity index (χ4n) is 2.16. The second-order valence-electron chi connectivity index (χ2n) is 4.71. The van der Waals surface area contributed by atoms with Crippen molar-refractivity contribution in [2.75, 3.05) is 6.26 Å². The van der Waals surface area contributed by atoms with Gasteiger partial charge in [0.25, 0.3) is 0 Å². The number of aromatic nitrogens is 2. The molecule has 0 saturated heterocycles. The van der Waals surface area contributed by atoms with Gasteiger partial charge in [0.1, 0.15) is 11.1 Å². The zero-order chi connectivity index (χ0) is 14.2. The fourth-order valence-corrected chi connectivity index (χ4v) is 2.72. The molecule has 19 heavy (non-hydrogen) atoms. The quantitative estimate of drug-likeness (QED) is 0.923. The van der Waals surface area contributed by atoms with Crippen LogP contribution in [0.25, 0.3) is 11.0 Å². The molecule has 2 N–H and O–H groups in total. The van der Waals surface area contributed by atoms with Gasteiger partial charge >= 0.3 is 0 Å². The Labute approximate surface area is 113 Å². The first-order chi connectivity index (χ1) is 8.88. The minimum absolute atomic E-state index is 0.450. The van der Waals surface area contributed by atoms with Crippen LogP contribution in [-0.2, 0) is 22.9 Å². The number of fused-ring (bicyclic) bond motifs is 1. The van der Waals surface area contributed by atoms with E-state index < -0.39 is 15.1 Å². The highest BCUT2D eigenvalue weighted by atomic mass is 32.2. The van der Waals surface area contributed by atoms with Gasteiger partial charge in [-0.3, -0.25) is 0 Å². The molecule has 0 spiro atoms. The summed E-state index contributed by atoms with van der Waals surface area (Å²) in [6, 6.07) is 5.82. The average Bonchev–Trinajstić information content (AvgIpc) is 2.73. The highest BCUT2D eigenvalue weighted by Gasteiger charge is 2.23. The Morgan fingerprint density at radius 1 is 1.42 bits per heavy atom. The van der Waals surface area contributed by atoms with Gasteiger partial charge < -0.3 is 10.3 Å². The number of aryl methyl sites for hydroxylation is 1. The van der Waals surface area contributed by atoms with Gasteiger partial charge in [-0.1, -0.05) is 6.07 Å². The van der Waals surface area contributed by atoms with E-state index in [2.05, 4.69) is 4.98 Å². The van der Waals surface area contributed by atoms with Crippen molar-refractivity contribution in [3.05, 3.63) is 29.6 Å². The van der Waals surface area contributed by atoms with E-state index >= 15 is 0 Å². The predicted octanol–water partition coefficient (Wildman–Crippen LogP) is 1.62. The van der Waals surface area contributed by atoms with Gasteiger partial charge in [-0.05, 0) is 31.5 Å². The third-order valence-electron chi connectivity index (χ3n) is 3.40. The zero-order valence-electron chi connectivity index (χ0n) is 11.4. The van der Waals surface area contributed by atoms with Crippen LogP contribution in [0.3, 0.4) is 0 Å². The lowest BCUT2D eigenvalue weighted by Gasteiger charge is -2.11. The molecule has 6 heteroatoms. The van der Waals surface area contributed by atoms with Crippen molar-refractivity contribution in [3.8, 4) is 0 Å². The first-order valence-corrected chi connectivity index (χ1v) is 8.22. The van der Waals surface area contributed by atoms with Crippen LogP contribution in [0.5, 0.6) is 0 Å². The minimum atomic E-state index is -3.16. The molecule has 0 aliphatic heterocycles. The third kappa shape index (κ3) is 2.50. The van der Waals surface area contributed by atoms with Crippen molar-refractivity contribution >= 4 is 20.9 Å². The summed E-state index contributed by atoms with van der Waals surface area (Å²) in [7, 11) is -3.16. The standard InChI is InChI=1S/C13H19N3O2S/c1-4-16-12-6-5-10(8-14)7-11(12)15-13(16)9(2)19(3,17)18/h5-7,9H,4,8,14H2,1-3H3. The second kappa shape index (κ2) is 4.94. The topological polar surface area (TPSA) is 78.0 Å². The van der Waals surface area contributed by atoms with E-state index in [-0.39, 0.29) is 0 Å². The Bertz CT molecular complexity index is 704. The maximum atomic E-state index is 11.7. The summed E-state index contributed by atoms with van der Waals surface area (Å²) < 4.78 is 25.4. The van der Waals surface area contributed by atoms with Gasteiger partial charge in [0.2, 0.25) is 0 Å². The van der Waals surface area contributed by atoms with Gasteiger partial charge in [-0.15, -0.1) is 0 Å². The number of sulfone groups is 1. The van der Waals surface area contributed by atoms with Crippen molar-refractivity contribution in [1.29, 1.82) is 0 Å². The van der Waals surface area contributed by atoms with Crippen LogP contribution < -0.4 is 5.73 Å². The monoisotopic (exact) mass is 281 g/mol. The summed E-state index contributed by atoms with van der Waals surface area (Å²) in [5.41, 5.74) is 8.36. The molecule has 5 nitrogen and oxygen atoms in total. The summed E-state index contributed by atoms with van der Waals surface area (Å²) in [6.45, 7) is 4.79. The number of nitrogens with zero attached hydrogens (tertiary/aromatic N) is 2. The number of nitrogens with two attached hydrogens (primary N) is 1. The molecule has 0 fully saturated rings. The SMILES string of the molecule is CCn1c(C(C)S(C)(=O)=O)nc2cc(CN)ccc21. The van der Waals surface area contributed by atoms with Crippen molar-refractivity contribution < 1.29 is 8.42 Å². The van der Waals surface area contributed by atoms with Gasteiger partial charge in [0.15, 0.2) is 9.84 Å². The molecule has 1 aromatic heterocycles. The molecule has 2 rings (SSSR count). The lowest BCUT2D eigenvalue weighted by atomic mass is 10.2. The predicted molar refractivity (Wildman–Crippen MR) is 76.6 cm³/mol. The third-order valence-corrected chi connectivity index (χ3v) is 4.90. The molecule has 2 aromatic rings. The molecule has 0 saturated carbocycles. The average molecular weight is 281 g/mol.